The third-order valence-electron chi connectivity index (χ3n) is 3.36. The van der Waals surface area contributed by atoms with Crippen LogP contribution < -0.4 is 10.1 Å². The van der Waals surface area contributed by atoms with E-state index in [9.17, 15) is 9.59 Å². The topological polar surface area (TPSA) is 58.6 Å². The van der Waals surface area contributed by atoms with Crippen LogP contribution in [0.2, 0.25) is 10.0 Å². The molecule has 0 atom stereocenters. The van der Waals surface area contributed by atoms with Gasteiger partial charge in [-0.25, -0.2) is 0 Å². The molecule has 2 rings (SSSR count). The van der Waals surface area contributed by atoms with Gasteiger partial charge in [0.15, 0.2) is 6.61 Å². The predicted octanol–water partition coefficient (Wildman–Crippen LogP) is 3.60. The zero-order chi connectivity index (χ0) is 18.2. The van der Waals surface area contributed by atoms with Gasteiger partial charge in [0.1, 0.15) is 5.75 Å². The maximum Gasteiger partial charge on any atom is 0.260 e. The van der Waals surface area contributed by atoms with E-state index in [1.807, 2.05) is 24.4 Å². The SMILES string of the molecule is CCN(CC(=O)NCc1cccs1)C(=O)COc1ccc(Cl)c(Cl)c1. The van der Waals surface area contributed by atoms with Crippen molar-refractivity contribution in [3.63, 3.8) is 0 Å². The molecule has 25 heavy (non-hydrogen) atoms. The molecule has 1 aromatic heterocycles. The molecule has 134 valence electrons. The highest BCUT2D eigenvalue weighted by Crippen LogP contribution is 2.26. The van der Waals surface area contributed by atoms with Gasteiger partial charge in [0.25, 0.3) is 5.91 Å². The number of carbonyl (C=O) groups is 2. The summed E-state index contributed by atoms with van der Waals surface area (Å²) in [5.74, 6) is -0.0427. The monoisotopic (exact) mass is 400 g/mol. The van der Waals surface area contributed by atoms with E-state index in [-0.39, 0.29) is 25.0 Å². The Hall–Kier alpha value is -1.76. The molecule has 1 aromatic carbocycles. The Morgan fingerprint density at radius 1 is 1.24 bits per heavy atom. The second-order valence-corrected chi connectivity index (χ2v) is 6.98. The van der Waals surface area contributed by atoms with Crippen LogP contribution >= 0.6 is 34.5 Å². The molecule has 0 radical (unpaired) electrons. The molecule has 8 heteroatoms. The number of halogens is 2. The third kappa shape index (κ3) is 6.23. The minimum atomic E-state index is -0.278. The summed E-state index contributed by atoms with van der Waals surface area (Å²) in [4.78, 5) is 26.7. The van der Waals surface area contributed by atoms with Crippen molar-refractivity contribution in [2.24, 2.45) is 0 Å². The lowest BCUT2D eigenvalue weighted by Crippen LogP contribution is -2.42. The van der Waals surface area contributed by atoms with E-state index < -0.39 is 0 Å². The molecule has 0 unspecified atom stereocenters. The van der Waals surface area contributed by atoms with Gasteiger partial charge in [0.05, 0.1) is 23.1 Å². The van der Waals surface area contributed by atoms with E-state index >= 15 is 0 Å². The summed E-state index contributed by atoms with van der Waals surface area (Å²) in [5.41, 5.74) is 0. The number of hydrogen-bond acceptors (Lipinski definition) is 4. The molecule has 2 amide bonds. The average Bonchev–Trinajstić information content (AvgIpc) is 3.12. The molecule has 5 nitrogen and oxygen atoms in total. The number of rotatable bonds is 8. The van der Waals surface area contributed by atoms with E-state index in [2.05, 4.69) is 5.32 Å². The van der Waals surface area contributed by atoms with Gasteiger partial charge >= 0.3 is 0 Å². The average molecular weight is 401 g/mol. The molecular formula is C17H18Cl2N2O3S. The number of hydrogen-bond donors (Lipinski definition) is 1. The van der Waals surface area contributed by atoms with Crippen LogP contribution in [-0.2, 0) is 16.1 Å². The fraction of sp³-hybridized carbons (Fsp3) is 0.294. The number of nitrogens with one attached hydrogen (secondary N) is 1. The van der Waals surface area contributed by atoms with Crippen molar-refractivity contribution in [2.75, 3.05) is 19.7 Å². The number of amides is 2. The third-order valence-corrected chi connectivity index (χ3v) is 4.98. The van der Waals surface area contributed by atoms with E-state index in [1.165, 1.54) is 4.90 Å². The molecule has 1 heterocycles. The molecule has 0 aliphatic carbocycles. The Labute approximate surface area is 160 Å². The van der Waals surface area contributed by atoms with Crippen molar-refractivity contribution in [3.8, 4) is 5.75 Å². The summed E-state index contributed by atoms with van der Waals surface area (Å²) in [6.45, 7) is 2.50. The smallest absolute Gasteiger partial charge is 0.260 e. The van der Waals surface area contributed by atoms with Crippen molar-refractivity contribution in [2.45, 2.75) is 13.5 Å². The van der Waals surface area contributed by atoms with Gasteiger partial charge in [0, 0.05) is 17.5 Å². The number of ether oxygens (including phenoxy) is 1. The van der Waals surface area contributed by atoms with Gasteiger partial charge in [0.2, 0.25) is 5.91 Å². The summed E-state index contributed by atoms with van der Waals surface area (Å²) in [5, 5.41) is 5.51. The van der Waals surface area contributed by atoms with Crippen LogP contribution in [0.3, 0.4) is 0 Å². The standard InChI is InChI=1S/C17H18Cl2N2O3S/c1-2-21(10-16(22)20-9-13-4-3-7-25-13)17(23)11-24-12-5-6-14(18)15(19)8-12/h3-8H,2,9-11H2,1H3,(H,20,22). The lowest BCUT2D eigenvalue weighted by atomic mass is 10.3. The Kier molecular flexibility index (Phi) is 7.55. The highest BCUT2D eigenvalue weighted by atomic mass is 35.5. The van der Waals surface area contributed by atoms with Crippen LogP contribution in [0.25, 0.3) is 0 Å². The Morgan fingerprint density at radius 3 is 2.68 bits per heavy atom. The second kappa shape index (κ2) is 9.65. The zero-order valence-electron chi connectivity index (χ0n) is 13.6. The lowest BCUT2D eigenvalue weighted by molar-refractivity contribution is -0.137. The van der Waals surface area contributed by atoms with Crippen LogP contribution in [0.1, 0.15) is 11.8 Å². The van der Waals surface area contributed by atoms with Crippen LogP contribution in [0.4, 0.5) is 0 Å². The quantitative estimate of drug-likeness (QED) is 0.736. The van der Waals surface area contributed by atoms with Crippen molar-refractivity contribution in [3.05, 3.63) is 50.6 Å². The molecule has 0 spiro atoms. The number of nitrogens with zero attached hydrogens (tertiary/aromatic N) is 1. The molecular weight excluding hydrogens is 383 g/mol. The zero-order valence-corrected chi connectivity index (χ0v) is 16.0. The van der Waals surface area contributed by atoms with Crippen LogP contribution in [0.15, 0.2) is 35.7 Å². The largest absolute Gasteiger partial charge is 0.484 e. The minimum absolute atomic E-state index is 0.00849. The molecule has 0 aliphatic heterocycles. The first-order chi connectivity index (χ1) is 12.0. The highest BCUT2D eigenvalue weighted by molar-refractivity contribution is 7.09. The Morgan fingerprint density at radius 2 is 2.04 bits per heavy atom. The van der Waals surface area contributed by atoms with E-state index in [0.29, 0.717) is 28.9 Å². The van der Waals surface area contributed by atoms with E-state index in [0.717, 1.165) is 4.88 Å². The summed E-state index contributed by atoms with van der Waals surface area (Å²) in [6.07, 6.45) is 0. The van der Waals surface area contributed by atoms with Gasteiger partial charge in [-0.3, -0.25) is 9.59 Å². The molecule has 0 bridgehead atoms. The fourth-order valence-electron chi connectivity index (χ4n) is 2.01. The van der Waals surface area contributed by atoms with Gasteiger partial charge in [-0.2, -0.15) is 0 Å². The van der Waals surface area contributed by atoms with Crippen LogP contribution in [0.5, 0.6) is 5.75 Å². The first kappa shape index (κ1) is 19.6. The van der Waals surface area contributed by atoms with Gasteiger partial charge < -0.3 is 15.0 Å². The predicted molar refractivity (Wildman–Crippen MR) is 100 cm³/mol. The highest BCUT2D eigenvalue weighted by Gasteiger charge is 2.16. The summed E-state index contributed by atoms with van der Waals surface area (Å²) < 4.78 is 5.42. The maximum absolute atomic E-state index is 12.2. The van der Waals surface area contributed by atoms with E-state index in [1.54, 1.807) is 29.5 Å². The summed E-state index contributed by atoms with van der Waals surface area (Å²) in [6, 6.07) is 8.64. The number of thiophene rings is 1. The number of benzene rings is 1. The number of carbonyl (C=O) groups excluding carboxylic acids is 2. The Bertz CT molecular complexity index is 723. The van der Waals surface area contributed by atoms with Gasteiger partial charge in [-0.15, -0.1) is 11.3 Å². The van der Waals surface area contributed by atoms with Gasteiger partial charge in [-0.1, -0.05) is 29.3 Å². The summed E-state index contributed by atoms with van der Waals surface area (Å²) >= 11 is 13.3. The minimum Gasteiger partial charge on any atom is -0.484 e. The molecule has 2 aromatic rings. The maximum atomic E-state index is 12.2. The van der Waals surface area contributed by atoms with E-state index in [4.69, 9.17) is 27.9 Å². The first-order valence-electron chi connectivity index (χ1n) is 7.64. The Balaban J connectivity index is 1.80. The van der Waals surface area contributed by atoms with Crippen molar-refractivity contribution in [1.29, 1.82) is 0 Å². The normalized spacial score (nSPS) is 10.4. The van der Waals surface area contributed by atoms with Crippen molar-refractivity contribution < 1.29 is 14.3 Å². The van der Waals surface area contributed by atoms with Crippen LogP contribution in [-0.4, -0.2) is 36.4 Å². The van der Waals surface area contributed by atoms with Crippen LogP contribution in [0, 0.1) is 0 Å². The number of likely N-dealkylation sites (N-methyl/N-ethyl adjacent to an activating group) is 1. The molecule has 1 N–H and O–H groups in total. The summed E-state index contributed by atoms with van der Waals surface area (Å²) in [7, 11) is 0. The second-order valence-electron chi connectivity index (χ2n) is 5.13. The van der Waals surface area contributed by atoms with Crippen molar-refractivity contribution in [1.82, 2.24) is 10.2 Å². The van der Waals surface area contributed by atoms with Crippen molar-refractivity contribution >= 4 is 46.4 Å². The fourth-order valence-corrected chi connectivity index (χ4v) is 2.94. The lowest BCUT2D eigenvalue weighted by Gasteiger charge is -2.20. The molecule has 0 aliphatic rings. The molecule has 0 saturated heterocycles. The molecule has 0 fully saturated rings. The first-order valence-corrected chi connectivity index (χ1v) is 9.28. The van der Waals surface area contributed by atoms with Gasteiger partial charge in [-0.05, 0) is 30.5 Å². The molecule has 0 saturated carbocycles.